The highest BCUT2D eigenvalue weighted by atomic mass is 35.5. The van der Waals surface area contributed by atoms with Crippen LogP contribution in [-0.4, -0.2) is 28.0 Å². The molecular formula is C19H24Cl3N5S. The first-order valence-electron chi connectivity index (χ1n) is 8.66. The van der Waals surface area contributed by atoms with Gasteiger partial charge in [-0.2, -0.15) is 0 Å². The minimum atomic E-state index is 0. The molecule has 1 aliphatic rings. The molecule has 28 heavy (non-hydrogen) atoms. The summed E-state index contributed by atoms with van der Waals surface area (Å²) in [5.74, 6) is 1.59. The molecular weight excluding hydrogens is 437 g/mol. The third-order valence-corrected chi connectivity index (χ3v) is 5.25. The van der Waals surface area contributed by atoms with E-state index in [2.05, 4.69) is 38.2 Å². The Balaban J connectivity index is 0.00000131. The van der Waals surface area contributed by atoms with Crippen LogP contribution in [0, 0.1) is 6.92 Å². The Kier molecular flexibility index (Phi) is 9.96. The van der Waals surface area contributed by atoms with Gasteiger partial charge in [0.2, 0.25) is 0 Å². The quantitative estimate of drug-likeness (QED) is 0.524. The van der Waals surface area contributed by atoms with E-state index in [4.69, 9.17) is 0 Å². The zero-order chi connectivity index (χ0) is 17.1. The number of pyridine rings is 2. The maximum atomic E-state index is 4.65. The molecule has 4 rings (SSSR count). The van der Waals surface area contributed by atoms with Crippen molar-refractivity contribution in [3.05, 3.63) is 47.6 Å². The summed E-state index contributed by atoms with van der Waals surface area (Å²) in [5, 5.41) is 4.23. The average Bonchev–Trinajstić information content (AvgIpc) is 3.10. The van der Waals surface area contributed by atoms with Gasteiger partial charge in [0.25, 0.3) is 0 Å². The van der Waals surface area contributed by atoms with Crippen LogP contribution in [-0.2, 0) is 0 Å². The van der Waals surface area contributed by atoms with E-state index >= 15 is 0 Å². The molecule has 0 saturated carbocycles. The molecule has 0 aromatic carbocycles. The first kappa shape index (κ1) is 24.4. The molecule has 1 saturated heterocycles. The van der Waals surface area contributed by atoms with E-state index < -0.39 is 0 Å². The summed E-state index contributed by atoms with van der Waals surface area (Å²) >= 11 is 1.65. The number of piperidine rings is 1. The summed E-state index contributed by atoms with van der Waals surface area (Å²) < 4.78 is 0. The average molecular weight is 461 g/mol. The number of anilines is 3. The van der Waals surface area contributed by atoms with Gasteiger partial charge in [-0.05, 0) is 50.5 Å². The van der Waals surface area contributed by atoms with Crippen LogP contribution < -0.4 is 10.2 Å². The van der Waals surface area contributed by atoms with Gasteiger partial charge in [0, 0.05) is 24.2 Å². The number of aryl methyl sites for hydroxylation is 1. The second kappa shape index (κ2) is 11.4. The molecule has 0 atom stereocenters. The third-order valence-electron chi connectivity index (χ3n) is 4.31. The molecule has 1 aliphatic heterocycles. The molecule has 0 spiro atoms. The van der Waals surface area contributed by atoms with E-state index in [0.29, 0.717) is 0 Å². The highest BCUT2D eigenvalue weighted by Crippen LogP contribution is 2.25. The zero-order valence-corrected chi connectivity index (χ0v) is 18.8. The van der Waals surface area contributed by atoms with Crippen molar-refractivity contribution in [1.29, 1.82) is 0 Å². The summed E-state index contributed by atoms with van der Waals surface area (Å²) in [6.45, 7) is 4.31. The molecule has 152 valence electrons. The number of halogens is 3. The minimum Gasteiger partial charge on any atom is -0.370 e. The summed E-state index contributed by atoms with van der Waals surface area (Å²) in [5.41, 5.74) is 2.08. The predicted molar refractivity (Wildman–Crippen MR) is 125 cm³/mol. The molecule has 5 nitrogen and oxygen atoms in total. The Bertz CT molecular complexity index is 851. The highest BCUT2D eigenvalue weighted by molar-refractivity contribution is 7.14. The van der Waals surface area contributed by atoms with Gasteiger partial charge in [-0.15, -0.1) is 48.6 Å². The number of thiazole rings is 1. The van der Waals surface area contributed by atoms with Crippen LogP contribution >= 0.6 is 48.6 Å². The zero-order valence-electron chi connectivity index (χ0n) is 15.5. The Morgan fingerprint density at radius 2 is 1.68 bits per heavy atom. The third kappa shape index (κ3) is 5.95. The maximum absolute atomic E-state index is 4.65. The molecule has 0 bridgehead atoms. The minimum absolute atomic E-state index is 0. The maximum Gasteiger partial charge on any atom is 0.142 e. The van der Waals surface area contributed by atoms with E-state index in [1.165, 1.54) is 29.8 Å². The van der Waals surface area contributed by atoms with Gasteiger partial charge in [0.15, 0.2) is 0 Å². The van der Waals surface area contributed by atoms with E-state index in [0.717, 1.165) is 35.4 Å². The Morgan fingerprint density at radius 3 is 2.32 bits per heavy atom. The van der Waals surface area contributed by atoms with Crippen LogP contribution in [0.1, 0.15) is 24.1 Å². The van der Waals surface area contributed by atoms with Crippen molar-refractivity contribution >= 4 is 65.9 Å². The molecule has 4 heterocycles. The lowest BCUT2D eigenvalue weighted by molar-refractivity contribution is 0.577. The molecule has 1 N–H and O–H groups in total. The van der Waals surface area contributed by atoms with Gasteiger partial charge in [-0.3, -0.25) is 0 Å². The largest absolute Gasteiger partial charge is 0.370 e. The van der Waals surface area contributed by atoms with Crippen LogP contribution in [0.25, 0.3) is 10.7 Å². The van der Waals surface area contributed by atoms with Crippen molar-refractivity contribution in [2.24, 2.45) is 0 Å². The van der Waals surface area contributed by atoms with Crippen LogP contribution in [0.4, 0.5) is 17.3 Å². The van der Waals surface area contributed by atoms with Crippen molar-refractivity contribution in [1.82, 2.24) is 15.0 Å². The number of nitrogens with one attached hydrogen (secondary N) is 1. The molecule has 0 unspecified atom stereocenters. The Labute approximate surface area is 188 Å². The monoisotopic (exact) mass is 459 g/mol. The molecule has 0 aliphatic carbocycles. The fraction of sp³-hybridized carbons (Fsp3) is 0.316. The van der Waals surface area contributed by atoms with Crippen LogP contribution in [0.15, 0.2) is 42.7 Å². The van der Waals surface area contributed by atoms with Gasteiger partial charge in [0.1, 0.15) is 22.3 Å². The van der Waals surface area contributed by atoms with Gasteiger partial charge >= 0.3 is 0 Å². The molecule has 1 fully saturated rings. The molecule has 3 aromatic heterocycles. The van der Waals surface area contributed by atoms with Gasteiger partial charge in [-0.25, -0.2) is 15.0 Å². The van der Waals surface area contributed by atoms with Gasteiger partial charge in [0.05, 0.1) is 11.9 Å². The highest BCUT2D eigenvalue weighted by Gasteiger charge is 2.11. The Morgan fingerprint density at radius 1 is 0.893 bits per heavy atom. The lowest BCUT2D eigenvalue weighted by Gasteiger charge is -2.28. The van der Waals surface area contributed by atoms with Crippen LogP contribution in [0.3, 0.4) is 0 Å². The summed E-state index contributed by atoms with van der Waals surface area (Å²) in [4.78, 5) is 17.2. The smallest absolute Gasteiger partial charge is 0.142 e. The number of nitrogens with zero attached hydrogens (tertiary/aromatic N) is 4. The SMILES string of the molecule is Cc1cnc(-c2cccc(Nc3ccc(N4CCCCC4)cn3)n2)s1.Cl.Cl.Cl. The second-order valence-corrected chi connectivity index (χ2v) is 7.49. The van der Waals surface area contributed by atoms with E-state index in [1.807, 2.05) is 36.7 Å². The fourth-order valence-corrected chi connectivity index (χ4v) is 3.76. The summed E-state index contributed by atoms with van der Waals surface area (Å²) in [6, 6.07) is 10.1. The lowest BCUT2D eigenvalue weighted by atomic mass is 10.1. The first-order chi connectivity index (χ1) is 12.3. The summed E-state index contributed by atoms with van der Waals surface area (Å²) in [6.07, 6.45) is 7.70. The molecule has 0 radical (unpaired) electrons. The molecule has 0 amide bonds. The second-order valence-electron chi connectivity index (χ2n) is 6.26. The van der Waals surface area contributed by atoms with E-state index in [1.54, 1.807) is 11.3 Å². The topological polar surface area (TPSA) is 53.9 Å². The number of rotatable bonds is 4. The first-order valence-corrected chi connectivity index (χ1v) is 9.47. The Hall–Kier alpha value is -1.60. The number of aromatic nitrogens is 3. The van der Waals surface area contributed by atoms with Crippen LogP contribution in [0.5, 0.6) is 0 Å². The van der Waals surface area contributed by atoms with Gasteiger partial charge < -0.3 is 10.2 Å². The standard InChI is InChI=1S/C19H21N5S.3ClH/c1-14-12-21-19(25-14)16-6-5-7-18(22-16)23-17-9-8-15(13-20-17)24-10-3-2-4-11-24;;;/h5-9,12-13H,2-4,10-11H2,1H3,(H,20,22,23);3*1H. The van der Waals surface area contributed by atoms with Crippen molar-refractivity contribution < 1.29 is 0 Å². The summed E-state index contributed by atoms with van der Waals surface area (Å²) in [7, 11) is 0. The molecule has 9 heteroatoms. The van der Waals surface area contributed by atoms with Crippen molar-refractivity contribution in [3.8, 4) is 10.7 Å². The predicted octanol–water partition coefficient (Wildman–Crippen LogP) is 5.91. The normalized spacial score (nSPS) is 13.0. The molecule has 3 aromatic rings. The van der Waals surface area contributed by atoms with Crippen molar-refractivity contribution in [2.75, 3.05) is 23.3 Å². The van der Waals surface area contributed by atoms with Gasteiger partial charge in [-0.1, -0.05) is 6.07 Å². The van der Waals surface area contributed by atoms with Crippen molar-refractivity contribution in [3.63, 3.8) is 0 Å². The van der Waals surface area contributed by atoms with E-state index in [9.17, 15) is 0 Å². The van der Waals surface area contributed by atoms with Crippen molar-refractivity contribution in [2.45, 2.75) is 26.2 Å². The lowest BCUT2D eigenvalue weighted by Crippen LogP contribution is -2.29. The van der Waals surface area contributed by atoms with Crippen LogP contribution in [0.2, 0.25) is 0 Å². The fourth-order valence-electron chi connectivity index (χ4n) is 3.03. The number of hydrogen-bond donors (Lipinski definition) is 1. The number of hydrogen-bond acceptors (Lipinski definition) is 6. The van der Waals surface area contributed by atoms with E-state index in [-0.39, 0.29) is 37.2 Å².